The van der Waals surface area contributed by atoms with Crippen LogP contribution in [-0.4, -0.2) is 49.6 Å². The van der Waals surface area contributed by atoms with E-state index < -0.39 is 0 Å². The van der Waals surface area contributed by atoms with Crippen molar-refractivity contribution in [2.75, 3.05) is 19.7 Å². The van der Waals surface area contributed by atoms with Crippen molar-refractivity contribution in [2.24, 2.45) is 0 Å². The standard InChI is InChI=1S/C27H35BN2O/c1-3-7-22-16-23(11-10-20(22)2)28-30-14-12-27(13-15-30)18-24(19-31-27)29-26-17-25(26)21-8-5-4-6-9-21/h3-11,16,24-26,28-29H,12-15,17-19H2,1-2H3/b7-3-/t24?,25-,26+/m0/s1. The molecule has 0 bridgehead atoms. The van der Waals surface area contributed by atoms with Gasteiger partial charge in [-0.1, -0.05) is 66.1 Å². The quantitative estimate of drug-likeness (QED) is 0.729. The molecule has 4 heteroatoms. The fraction of sp³-hybridized carbons (Fsp3) is 0.481. The van der Waals surface area contributed by atoms with Crippen LogP contribution in [0.3, 0.4) is 0 Å². The van der Waals surface area contributed by atoms with Gasteiger partial charge in [0.2, 0.25) is 7.41 Å². The van der Waals surface area contributed by atoms with Gasteiger partial charge in [0.1, 0.15) is 0 Å². The van der Waals surface area contributed by atoms with Gasteiger partial charge >= 0.3 is 0 Å². The van der Waals surface area contributed by atoms with Gasteiger partial charge in [-0.3, -0.25) is 0 Å². The van der Waals surface area contributed by atoms with E-state index in [9.17, 15) is 0 Å². The van der Waals surface area contributed by atoms with Crippen molar-refractivity contribution in [1.82, 2.24) is 10.1 Å². The highest BCUT2D eigenvalue weighted by Gasteiger charge is 2.46. The van der Waals surface area contributed by atoms with Crippen molar-refractivity contribution in [2.45, 2.75) is 63.1 Å². The fourth-order valence-corrected chi connectivity index (χ4v) is 5.57. The average molecular weight is 414 g/mol. The van der Waals surface area contributed by atoms with E-state index in [4.69, 9.17) is 4.74 Å². The molecule has 1 spiro atoms. The van der Waals surface area contributed by atoms with Crippen LogP contribution in [0.15, 0.2) is 54.6 Å². The highest BCUT2D eigenvalue weighted by atomic mass is 16.5. The maximum Gasteiger partial charge on any atom is 0.238 e. The van der Waals surface area contributed by atoms with E-state index in [0.717, 1.165) is 40.0 Å². The number of allylic oxidation sites excluding steroid dienone is 1. The molecule has 5 rings (SSSR count). The summed E-state index contributed by atoms with van der Waals surface area (Å²) in [6.45, 7) is 7.42. The van der Waals surface area contributed by atoms with Crippen LogP contribution >= 0.6 is 0 Å². The third-order valence-corrected chi connectivity index (χ3v) is 7.54. The van der Waals surface area contributed by atoms with E-state index in [2.05, 4.69) is 84.7 Å². The Labute approximate surface area is 188 Å². The third-order valence-electron chi connectivity index (χ3n) is 7.54. The predicted octanol–water partition coefficient (Wildman–Crippen LogP) is 3.77. The van der Waals surface area contributed by atoms with E-state index in [0.29, 0.717) is 18.0 Å². The third kappa shape index (κ3) is 4.82. The molecule has 3 fully saturated rings. The largest absolute Gasteiger partial charge is 0.373 e. The van der Waals surface area contributed by atoms with Crippen molar-refractivity contribution in [3.8, 4) is 0 Å². The first kappa shape index (κ1) is 21.0. The van der Waals surface area contributed by atoms with Gasteiger partial charge in [-0.15, -0.1) is 0 Å². The van der Waals surface area contributed by atoms with Crippen LogP contribution in [0.5, 0.6) is 0 Å². The normalized spacial score (nSPS) is 27.7. The average Bonchev–Trinajstić information content (AvgIpc) is 3.45. The minimum atomic E-state index is 0.106. The first-order valence-electron chi connectivity index (χ1n) is 12.0. The summed E-state index contributed by atoms with van der Waals surface area (Å²) < 4.78 is 6.43. The summed E-state index contributed by atoms with van der Waals surface area (Å²) in [5.41, 5.74) is 5.70. The number of benzene rings is 2. The summed E-state index contributed by atoms with van der Waals surface area (Å²) in [4.78, 5) is 2.60. The van der Waals surface area contributed by atoms with Gasteiger partial charge in [-0.2, -0.15) is 0 Å². The number of nitrogens with one attached hydrogen (secondary N) is 1. The SMILES string of the molecule is C/C=C\c1cc(BN2CCC3(CC2)CC(N[C@@H]2C[C@H]2c2ccccc2)CO3)ccc1C. The second-order valence-corrected chi connectivity index (χ2v) is 9.89. The Kier molecular flexibility index (Phi) is 6.05. The highest BCUT2D eigenvalue weighted by molar-refractivity contribution is 6.50. The first-order chi connectivity index (χ1) is 15.1. The number of aryl methyl sites for hydroxylation is 1. The maximum atomic E-state index is 6.43. The molecule has 3 atom stereocenters. The molecule has 0 aromatic heterocycles. The van der Waals surface area contributed by atoms with Gasteiger partial charge in [0, 0.05) is 18.0 Å². The summed E-state index contributed by atoms with van der Waals surface area (Å²) >= 11 is 0. The Hall–Kier alpha value is -1.88. The Morgan fingerprint density at radius 1 is 1.13 bits per heavy atom. The van der Waals surface area contributed by atoms with Gasteiger partial charge in [0.15, 0.2) is 0 Å². The molecule has 2 aromatic rings. The van der Waals surface area contributed by atoms with E-state index in [-0.39, 0.29) is 5.60 Å². The van der Waals surface area contributed by atoms with Crippen LogP contribution in [-0.2, 0) is 4.74 Å². The lowest BCUT2D eigenvalue weighted by Gasteiger charge is -2.38. The lowest BCUT2D eigenvalue weighted by molar-refractivity contribution is -0.0314. The van der Waals surface area contributed by atoms with Crippen molar-refractivity contribution >= 4 is 19.0 Å². The van der Waals surface area contributed by atoms with Crippen molar-refractivity contribution in [3.05, 3.63) is 71.3 Å². The second kappa shape index (κ2) is 8.93. The zero-order valence-corrected chi connectivity index (χ0v) is 19.0. The van der Waals surface area contributed by atoms with Crippen molar-refractivity contribution in [3.63, 3.8) is 0 Å². The number of hydrogen-bond acceptors (Lipinski definition) is 3. The molecule has 0 amide bonds. The monoisotopic (exact) mass is 414 g/mol. The summed E-state index contributed by atoms with van der Waals surface area (Å²) in [5, 5.41) is 3.90. The van der Waals surface area contributed by atoms with Crippen LogP contribution < -0.4 is 10.8 Å². The summed E-state index contributed by atoms with van der Waals surface area (Å²) in [6, 6.07) is 19.0. The predicted molar refractivity (Wildman–Crippen MR) is 131 cm³/mol. The molecule has 3 nitrogen and oxygen atoms in total. The van der Waals surface area contributed by atoms with Gasteiger partial charge in [0.25, 0.3) is 0 Å². The van der Waals surface area contributed by atoms with Gasteiger partial charge in [-0.25, -0.2) is 0 Å². The van der Waals surface area contributed by atoms with Gasteiger partial charge < -0.3 is 14.9 Å². The number of ether oxygens (including phenoxy) is 1. The van der Waals surface area contributed by atoms with Crippen molar-refractivity contribution in [1.29, 1.82) is 0 Å². The molecular formula is C27H35BN2O. The molecule has 1 saturated carbocycles. The highest BCUT2D eigenvalue weighted by Crippen LogP contribution is 2.43. The molecule has 2 heterocycles. The molecule has 1 aliphatic carbocycles. The minimum Gasteiger partial charge on any atom is -0.373 e. The Morgan fingerprint density at radius 3 is 2.71 bits per heavy atom. The zero-order chi connectivity index (χ0) is 21.3. The molecule has 2 aromatic carbocycles. The number of hydrogen-bond donors (Lipinski definition) is 1. The minimum absolute atomic E-state index is 0.106. The van der Waals surface area contributed by atoms with Crippen molar-refractivity contribution < 1.29 is 4.74 Å². The van der Waals surface area contributed by atoms with E-state index >= 15 is 0 Å². The molecule has 2 aliphatic heterocycles. The van der Waals surface area contributed by atoms with Crippen LogP contribution in [0.2, 0.25) is 0 Å². The summed E-state index contributed by atoms with van der Waals surface area (Å²) in [5.74, 6) is 0.696. The maximum absolute atomic E-state index is 6.43. The zero-order valence-electron chi connectivity index (χ0n) is 19.0. The van der Waals surface area contributed by atoms with Crippen LogP contribution in [0.25, 0.3) is 6.08 Å². The lowest BCUT2D eigenvalue weighted by atomic mass is 9.75. The molecule has 3 aliphatic rings. The molecule has 162 valence electrons. The molecule has 1 unspecified atom stereocenters. The van der Waals surface area contributed by atoms with Gasteiger partial charge in [0.05, 0.1) is 12.2 Å². The van der Waals surface area contributed by atoms with Crippen LogP contribution in [0, 0.1) is 6.92 Å². The van der Waals surface area contributed by atoms with Gasteiger partial charge in [-0.05, 0) is 69.3 Å². The van der Waals surface area contributed by atoms with E-state index in [1.165, 1.54) is 35.0 Å². The lowest BCUT2D eigenvalue weighted by Crippen LogP contribution is -2.48. The Bertz CT molecular complexity index is 920. The van der Waals surface area contributed by atoms with Crippen LogP contribution in [0.1, 0.15) is 55.2 Å². The topological polar surface area (TPSA) is 24.5 Å². The summed E-state index contributed by atoms with van der Waals surface area (Å²) in [7, 11) is 1.05. The molecule has 0 radical (unpaired) electrons. The molecule has 1 N–H and O–H groups in total. The van der Waals surface area contributed by atoms with Crippen LogP contribution in [0.4, 0.5) is 0 Å². The molecule has 31 heavy (non-hydrogen) atoms. The second-order valence-electron chi connectivity index (χ2n) is 9.89. The number of nitrogens with zero attached hydrogens (tertiary/aromatic N) is 1. The first-order valence-corrected chi connectivity index (χ1v) is 12.0. The smallest absolute Gasteiger partial charge is 0.238 e. The number of rotatable bonds is 6. The molecular weight excluding hydrogens is 379 g/mol. The fourth-order valence-electron chi connectivity index (χ4n) is 5.57. The molecule has 2 saturated heterocycles. The van der Waals surface area contributed by atoms with E-state index in [1.54, 1.807) is 0 Å². The Morgan fingerprint density at radius 2 is 1.94 bits per heavy atom. The number of piperidine rings is 1. The Balaban J connectivity index is 1.11. The summed E-state index contributed by atoms with van der Waals surface area (Å²) in [6.07, 6.45) is 9.10. The van der Waals surface area contributed by atoms with E-state index in [1.807, 2.05) is 0 Å².